The van der Waals surface area contributed by atoms with E-state index in [1.165, 1.54) is 0 Å². The van der Waals surface area contributed by atoms with Crippen molar-refractivity contribution in [2.24, 2.45) is 11.3 Å². The molecule has 0 aliphatic rings. The first kappa shape index (κ1) is 12.4. The average Bonchev–Trinajstić information content (AvgIpc) is 1.64. The van der Waals surface area contributed by atoms with E-state index in [9.17, 15) is 4.79 Å². The summed E-state index contributed by atoms with van der Waals surface area (Å²) in [4.78, 5) is 18.4. The van der Waals surface area contributed by atoms with Crippen LogP contribution in [0.5, 0.6) is 0 Å². The molecule has 4 nitrogen and oxygen atoms in total. The van der Waals surface area contributed by atoms with Gasteiger partial charge in [-0.15, -0.1) is 12.4 Å². The van der Waals surface area contributed by atoms with Gasteiger partial charge < -0.3 is 0 Å². The zero-order chi connectivity index (χ0) is 7.49. The maximum absolute atomic E-state index is 10.6. The van der Waals surface area contributed by atoms with Gasteiger partial charge in [0.15, 0.2) is 0 Å². The van der Waals surface area contributed by atoms with E-state index in [4.69, 9.17) is 0 Å². The van der Waals surface area contributed by atoms with Crippen molar-refractivity contribution in [2.75, 3.05) is 0 Å². The minimum atomic E-state index is -0.556. The van der Waals surface area contributed by atoms with Crippen LogP contribution in [0, 0.1) is 5.41 Å². The summed E-state index contributed by atoms with van der Waals surface area (Å²) in [6.45, 7) is 5.11. The molecular formula is C5H12ClNO3. The minimum Gasteiger partial charge on any atom is -0.280 e. The third-order valence-corrected chi connectivity index (χ3v) is 0.736. The van der Waals surface area contributed by atoms with Crippen molar-refractivity contribution in [3.8, 4) is 0 Å². The van der Waals surface area contributed by atoms with Crippen LogP contribution in [-0.4, -0.2) is 5.97 Å². The lowest BCUT2D eigenvalue weighted by Gasteiger charge is -2.12. The first-order valence-electron chi connectivity index (χ1n) is 2.56. The Hall–Kier alpha value is -0.320. The highest BCUT2D eigenvalue weighted by atomic mass is 35.5. The fourth-order valence-electron chi connectivity index (χ4n) is 0.169. The SMILES string of the molecule is CC(C)(C)C(=O)OON.Cl. The first-order chi connectivity index (χ1) is 3.98. The van der Waals surface area contributed by atoms with Gasteiger partial charge in [0.25, 0.3) is 0 Å². The Bertz CT molecular complexity index is 110. The van der Waals surface area contributed by atoms with Gasteiger partial charge in [-0.1, -0.05) is 4.99 Å². The Kier molecular flexibility index (Phi) is 5.55. The van der Waals surface area contributed by atoms with Crippen LogP contribution in [0.4, 0.5) is 0 Å². The molecule has 0 unspecified atom stereocenters. The van der Waals surface area contributed by atoms with Gasteiger partial charge in [-0.2, -0.15) is 5.90 Å². The predicted octanol–water partition coefficient (Wildman–Crippen LogP) is 0.803. The molecule has 0 bridgehead atoms. The van der Waals surface area contributed by atoms with Crippen molar-refractivity contribution in [1.82, 2.24) is 0 Å². The molecule has 0 spiro atoms. The molecular weight excluding hydrogens is 158 g/mol. The van der Waals surface area contributed by atoms with Crippen LogP contribution >= 0.6 is 12.4 Å². The quantitative estimate of drug-likeness (QED) is 0.466. The summed E-state index contributed by atoms with van der Waals surface area (Å²) in [6, 6.07) is 0. The van der Waals surface area contributed by atoms with Crippen molar-refractivity contribution in [2.45, 2.75) is 20.8 Å². The van der Waals surface area contributed by atoms with E-state index < -0.39 is 11.4 Å². The molecule has 10 heavy (non-hydrogen) atoms. The predicted molar refractivity (Wildman–Crippen MR) is 38.1 cm³/mol. The topological polar surface area (TPSA) is 61.5 Å². The summed E-state index contributed by atoms with van der Waals surface area (Å²) in [5, 5.41) is 0. The Morgan fingerprint density at radius 1 is 1.40 bits per heavy atom. The fraction of sp³-hybridized carbons (Fsp3) is 0.800. The largest absolute Gasteiger partial charge is 0.349 e. The highest BCUT2D eigenvalue weighted by Gasteiger charge is 2.23. The molecule has 0 amide bonds. The van der Waals surface area contributed by atoms with E-state index in [2.05, 4.69) is 15.8 Å². The lowest BCUT2D eigenvalue weighted by molar-refractivity contribution is -0.283. The number of hydrogen-bond donors (Lipinski definition) is 1. The monoisotopic (exact) mass is 169 g/mol. The molecule has 0 aromatic carbocycles. The van der Waals surface area contributed by atoms with Gasteiger partial charge in [0.2, 0.25) is 0 Å². The van der Waals surface area contributed by atoms with E-state index in [1.54, 1.807) is 20.8 Å². The lowest BCUT2D eigenvalue weighted by Crippen LogP contribution is -2.24. The number of hydrogen-bond acceptors (Lipinski definition) is 4. The van der Waals surface area contributed by atoms with Crippen LogP contribution in [0.3, 0.4) is 0 Å². The number of rotatable bonds is 1. The van der Waals surface area contributed by atoms with E-state index >= 15 is 0 Å². The molecule has 0 radical (unpaired) electrons. The molecule has 5 heteroatoms. The van der Waals surface area contributed by atoms with E-state index in [1.807, 2.05) is 0 Å². The number of halogens is 1. The molecule has 0 heterocycles. The van der Waals surface area contributed by atoms with Crippen LogP contribution in [-0.2, 0) is 14.7 Å². The summed E-state index contributed by atoms with van der Waals surface area (Å²) in [6.07, 6.45) is 0. The summed E-state index contributed by atoms with van der Waals surface area (Å²) in [5.41, 5.74) is -0.556. The Morgan fingerprint density at radius 2 is 1.80 bits per heavy atom. The molecule has 0 atom stereocenters. The molecule has 0 rings (SSSR count). The maximum Gasteiger partial charge on any atom is 0.349 e. The molecule has 0 saturated carbocycles. The molecule has 2 N–H and O–H groups in total. The summed E-state index contributed by atoms with van der Waals surface area (Å²) in [7, 11) is 0. The van der Waals surface area contributed by atoms with Crippen LogP contribution in [0.2, 0.25) is 0 Å². The van der Waals surface area contributed by atoms with Gasteiger partial charge in [-0.05, 0) is 20.8 Å². The molecule has 0 aromatic rings. The van der Waals surface area contributed by atoms with E-state index in [0.717, 1.165) is 0 Å². The second kappa shape index (κ2) is 4.49. The first-order valence-corrected chi connectivity index (χ1v) is 2.56. The van der Waals surface area contributed by atoms with Gasteiger partial charge in [0.05, 0.1) is 5.41 Å². The Labute approximate surface area is 66.0 Å². The van der Waals surface area contributed by atoms with Crippen LogP contribution in [0.15, 0.2) is 0 Å². The standard InChI is InChI=1S/C5H11NO3.ClH/c1-5(2,3)4(7)8-9-6;/h6H2,1-3H3;1H. The maximum atomic E-state index is 10.6. The van der Waals surface area contributed by atoms with Crippen LogP contribution in [0.1, 0.15) is 20.8 Å². The van der Waals surface area contributed by atoms with Crippen LogP contribution < -0.4 is 5.90 Å². The van der Waals surface area contributed by atoms with Gasteiger partial charge in [0, 0.05) is 0 Å². The number of nitrogens with two attached hydrogens (primary N) is 1. The highest BCUT2D eigenvalue weighted by molar-refractivity contribution is 5.85. The van der Waals surface area contributed by atoms with Crippen molar-refractivity contribution in [3.63, 3.8) is 0 Å². The average molecular weight is 170 g/mol. The minimum absolute atomic E-state index is 0. The van der Waals surface area contributed by atoms with Crippen molar-refractivity contribution >= 4 is 18.4 Å². The van der Waals surface area contributed by atoms with E-state index in [-0.39, 0.29) is 12.4 Å². The van der Waals surface area contributed by atoms with Crippen molar-refractivity contribution < 1.29 is 14.7 Å². The second-order valence-corrected chi connectivity index (χ2v) is 2.72. The zero-order valence-electron chi connectivity index (χ0n) is 6.21. The molecule has 62 valence electrons. The summed E-state index contributed by atoms with van der Waals surface area (Å²) >= 11 is 0. The summed E-state index contributed by atoms with van der Waals surface area (Å²) < 4.78 is 0. The molecule has 0 aliphatic carbocycles. The normalized spacial score (nSPS) is 10.0. The van der Waals surface area contributed by atoms with Crippen molar-refractivity contribution in [1.29, 1.82) is 0 Å². The molecule has 0 fully saturated rings. The van der Waals surface area contributed by atoms with Gasteiger partial charge in [0.1, 0.15) is 0 Å². The third-order valence-electron chi connectivity index (χ3n) is 0.736. The molecule has 0 aromatic heterocycles. The van der Waals surface area contributed by atoms with E-state index in [0.29, 0.717) is 0 Å². The molecule has 0 aliphatic heterocycles. The zero-order valence-corrected chi connectivity index (χ0v) is 7.03. The lowest BCUT2D eigenvalue weighted by atomic mass is 9.98. The Morgan fingerprint density at radius 3 is 1.90 bits per heavy atom. The summed E-state index contributed by atoms with van der Waals surface area (Å²) in [5.74, 6) is 4.00. The van der Waals surface area contributed by atoms with Gasteiger partial charge in [-0.3, -0.25) is 4.89 Å². The smallest absolute Gasteiger partial charge is 0.280 e. The van der Waals surface area contributed by atoms with Gasteiger partial charge >= 0.3 is 5.97 Å². The fourth-order valence-corrected chi connectivity index (χ4v) is 0.169. The molecule has 0 saturated heterocycles. The number of carbonyl (C=O) groups is 1. The number of carbonyl (C=O) groups excluding carboxylic acids is 1. The highest BCUT2D eigenvalue weighted by Crippen LogP contribution is 2.14. The van der Waals surface area contributed by atoms with Crippen LogP contribution in [0.25, 0.3) is 0 Å². The Balaban J connectivity index is 0. The van der Waals surface area contributed by atoms with Gasteiger partial charge in [-0.25, -0.2) is 4.79 Å². The van der Waals surface area contributed by atoms with Crippen molar-refractivity contribution in [3.05, 3.63) is 0 Å². The third kappa shape index (κ3) is 4.55. The second-order valence-electron chi connectivity index (χ2n) is 2.72.